The average molecular weight is 344 g/mol. The van der Waals surface area contributed by atoms with Crippen molar-refractivity contribution >= 4 is 32.7 Å². The first-order valence-electron chi connectivity index (χ1n) is 7.39. The van der Waals surface area contributed by atoms with Crippen LogP contribution in [0.1, 0.15) is 13.8 Å². The van der Waals surface area contributed by atoms with E-state index in [1.807, 2.05) is 0 Å². The van der Waals surface area contributed by atoms with Gasteiger partial charge in [-0.15, -0.1) is 0 Å². The van der Waals surface area contributed by atoms with Gasteiger partial charge in [-0.25, -0.2) is 9.59 Å². The van der Waals surface area contributed by atoms with Crippen molar-refractivity contribution in [1.29, 1.82) is 0 Å². The summed E-state index contributed by atoms with van der Waals surface area (Å²) in [7, 11) is 0. The number of benzene rings is 2. The van der Waals surface area contributed by atoms with E-state index in [0.717, 1.165) is 12.1 Å². The van der Waals surface area contributed by atoms with Gasteiger partial charge in [0.1, 0.15) is 0 Å². The summed E-state index contributed by atoms with van der Waals surface area (Å²) in [5.74, 6) is -1.77. The number of phenolic OH excluding ortho intramolecular Hbond substituents is 3. The van der Waals surface area contributed by atoms with E-state index in [2.05, 4.69) is 0 Å². The highest BCUT2D eigenvalue weighted by Crippen LogP contribution is 2.45. The van der Waals surface area contributed by atoms with Gasteiger partial charge in [0, 0.05) is 10.8 Å². The van der Waals surface area contributed by atoms with Crippen LogP contribution in [0, 0.1) is 0 Å². The van der Waals surface area contributed by atoms with E-state index < -0.39 is 22.8 Å². The number of ether oxygens (including phenoxy) is 1. The molecule has 0 radical (unpaired) electrons. The first-order chi connectivity index (χ1) is 11.8. The Kier molecular flexibility index (Phi) is 2.90. The molecule has 0 unspecified atom stereocenters. The number of aromatic hydroxyl groups is 3. The van der Waals surface area contributed by atoms with E-state index in [1.54, 1.807) is 13.8 Å². The molecule has 2 aromatic heterocycles. The van der Waals surface area contributed by atoms with Crippen LogP contribution < -0.4 is 16.0 Å². The Morgan fingerprint density at radius 2 is 1.40 bits per heavy atom. The molecule has 0 saturated heterocycles. The maximum absolute atomic E-state index is 12.3. The Balaban J connectivity index is 2.39. The SMILES string of the molecule is CC(C)Oc1c(O)cc2c(=O)oc3c(O)c(O)cc4c(=O)oc1c2c34. The van der Waals surface area contributed by atoms with Gasteiger partial charge in [0.05, 0.1) is 16.9 Å². The zero-order chi connectivity index (χ0) is 18.0. The molecule has 0 spiro atoms. The normalized spacial score (nSPS) is 12.0. The monoisotopic (exact) mass is 344 g/mol. The Bertz CT molecular complexity index is 1260. The second-order valence-corrected chi connectivity index (χ2v) is 5.92. The zero-order valence-electron chi connectivity index (χ0n) is 13.1. The van der Waals surface area contributed by atoms with E-state index in [-0.39, 0.29) is 50.3 Å². The van der Waals surface area contributed by atoms with E-state index in [4.69, 9.17) is 13.6 Å². The number of rotatable bonds is 2. The van der Waals surface area contributed by atoms with Crippen molar-refractivity contribution in [3.63, 3.8) is 0 Å². The van der Waals surface area contributed by atoms with Crippen LogP contribution in [0.15, 0.2) is 30.6 Å². The van der Waals surface area contributed by atoms with Gasteiger partial charge in [0.15, 0.2) is 22.7 Å². The number of hydrogen-bond donors (Lipinski definition) is 3. The lowest BCUT2D eigenvalue weighted by molar-refractivity contribution is 0.231. The maximum atomic E-state index is 12.3. The topological polar surface area (TPSA) is 130 Å². The van der Waals surface area contributed by atoms with Crippen molar-refractivity contribution in [2.24, 2.45) is 0 Å². The maximum Gasteiger partial charge on any atom is 0.344 e. The summed E-state index contributed by atoms with van der Waals surface area (Å²) in [6, 6.07) is 2.17. The van der Waals surface area contributed by atoms with Gasteiger partial charge in [-0.2, -0.15) is 0 Å². The quantitative estimate of drug-likeness (QED) is 0.287. The van der Waals surface area contributed by atoms with Gasteiger partial charge in [-0.05, 0) is 26.0 Å². The molecule has 8 heteroatoms. The fourth-order valence-corrected chi connectivity index (χ4v) is 2.92. The summed E-state index contributed by atoms with van der Waals surface area (Å²) in [6.45, 7) is 3.43. The largest absolute Gasteiger partial charge is 0.504 e. The molecular weight excluding hydrogens is 332 g/mol. The molecule has 4 aromatic rings. The highest BCUT2D eigenvalue weighted by molar-refractivity contribution is 6.22. The van der Waals surface area contributed by atoms with Crippen LogP contribution in [0.3, 0.4) is 0 Å². The smallest absolute Gasteiger partial charge is 0.344 e. The van der Waals surface area contributed by atoms with Crippen molar-refractivity contribution in [1.82, 2.24) is 0 Å². The Morgan fingerprint density at radius 3 is 2.00 bits per heavy atom. The molecule has 4 rings (SSSR count). The fraction of sp³-hybridized carbons (Fsp3) is 0.176. The minimum absolute atomic E-state index is 0.0463. The average Bonchev–Trinajstić information content (AvgIpc) is 2.53. The highest BCUT2D eigenvalue weighted by Gasteiger charge is 2.26. The standard InChI is InChI=1S/C17H12O8/c1-5(2)23-13-9(19)4-7-11-10-6(17(22)25-15(11)13)3-8(18)12(20)14(10)24-16(7)21/h3-5,18-20H,1-2H3. The van der Waals surface area contributed by atoms with Crippen molar-refractivity contribution < 1.29 is 28.9 Å². The lowest BCUT2D eigenvalue weighted by atomic mass is 10.0. The highest BCUT2D eigenvalue weighted by atomic mass is 16.5. The molecule has 2 heterocycles. The van der Waals surface area contributed by atoms with Gasteiger partial charge in [-0.3, -0.25) is 0 Å². The van der Waals surface area contributed by atoms with Crippen LogP contribution in [0.5, 0.6) is 23.0 Å². The molecule has 0 aliphatic heterocycles. The minimum atomic E-state index is -0.875. The lowest BCUT2D eigenvalue weighted by Gasteiger charge is -2.15. The molecule has 3 N–H and O–H groups in total. The Labute approximate surface area is 138 Å². The number of hydrogen-bond acceptors (Lipinski definition) is 8. The van der Waals surface area contributed by atoms with E-state index in [9.17, 15) is 24.9 Å². The van der Waals surface area contributed by atoms with E-state index in [1.165, 1.54) is 0 Å². The third kappa shape index (κ3) is 1.94. The van der Waals surface area contributed by atoms with Crippen molar-refractivity contribution in [2.75, 3.05) is 0 Å². The molecule has 0 fully saturated rings. The summed E-state index contributed by atoms with van der Waals surface area (Å²) in [4.78, 5) is 24.6. The molecule has 0 saturated carbocycles. The van der Waals surface area contributed by atoms with Gasteiger partial charge in [0.2, 0.25) is 11.5 Å². The van der Waals surface area contributed by atoms with Crippen LogP contribution >= 0.6 is 0 Å². The van der Waals surface area contributed by atoms with Crippen LogP contribution in [0.25, 0.3) is 32.7 Å². The van der Waals surface area contributed by atoms with Crippen molar-refractivity contribution in [3.8, 4) is 23.0 Å². The first kappa shape index (κ1) is 15.1. The Morgan fingerprint density at radius 1 is 0.880 bits per heavy atom. The van der Waals surface area contributed by atoms with Gasteiger partial charge in [0.25, 0.3) is 0 Å². The van der Waals surface area contributed by atoms with Gasteiger partial charge in [-0.1, -0.05) is 0 Å². The summed E-state index contributed by atoms with van der Waals surface area (Å²) in [5, 5.41) is 30.1. The third-order valence-electron chi connectivity index (χ3n) is 3.88. The van der Waals surface area contributed by atoms with Crippen LogP contribution in [-0.4, -0.2) is 21.4 Å². The first-order valence-corrected chi connectivity index (χ1v) is 7.39. The summed E-state index contributed by atoms with van der Waals surface area (Å²) < 4.78 is 15.8. The molecule has 128 valence electrons. The number of phenols is 3. The molecule has 0 bridgehead atoms. The predicted octanol–water partition coefficient (Wildman–Crippen LogP) is 2.39. The molecule has 0 aliphatic rings. The minimum Gasteiger partial charge on any atom is -0.504 e. The molecule has 0 atom stereocenters. The van der Waals surface area contributed by atoms with Gasteiger partial charge >= 0.3 is 11.3 Å². The third-order valence-corrected chi connectivity index (χ3v) is 3.88. The molecular formula is C17H12O8. The fourth-order valence-electron chi connectivity index (χ4n) is 2.92. The summed E-state index contributed by atoms with van der Waals surface area (Å²) >= 11 is 0. The Hall–Kier alpha value is -3.42. The predicted molar refractivity (Wildman–Crippen MR) is 88.0 cm³/mol. The van der Waals surface area contributed by atoms with Crippen LogP contribution in [-0.2, 0) is 0 Å². The molecule has 25 heavy (non-hydrogen) atoms. The molecule has 8 nitrogen and oxygen atoms in total. The summed E-state index contributed by atoms with van der Waals surface area (Å²) in [6.07, 6.45) is -0.344. The van der Waals surface area contributed by atoms with Crippen molar-refractivity contribution in [2.45, 2.75) is 20.0 Å². The zero-order valence-corrected chi connectivity index (χ0v) is 13.1. The van der Waals surface area contributed by atoms with E-state index >= 15 is 0 Å². The van der Waals surface area contributed by atoms with Gasteiger partial charge < -0.3 is 28.9 Å². The van der Waals surface area contributed by atoms with Crippen LogP contribution in [0.4, 0.5) is 0 Å². The second-order valence-electron chi connectivity index (χ2n) is 5.92. The molecule has 2 aromatic carbocycles. The molecule has 0 amide bonds. The second kappa shape index (κ2) is 4.79. The van der Waals surface area contributed by atoms with E-state index in [0.29, 0.717) is 0 Å². The molecule has 0 aliphatic carbocycles. The van der Waals surface area contributed by atoms with Crippen molar-refractivity contribution in [3.05, 3.63) is 33.0 Å². The van der Waals surface area contributed by atoms with Crippen LogP contribution in [0.2, 0.25) is 0 Å². The summed E-state index contributed by atoms with van der Waals surface area (Å²) in [5.41, 5.74) is -2.20. The lowest BCUT2D eigenvalue weighted by Crippen LogP contribution is -2.10.